The van der Waals surface area contributed by atoms with Crippen LogP contribution in [-0.2, 0) is 36.9 Å². The lowest BCUT2D eigenvalue weighted by atomic mass is 9.99. The van der Waals surface area contributed by atoms with Gasteiger partial charge in [-0.05, 0) is 59.9 Å². The number of anilines is 1. The summed E-state index contributed by atoms with van der Waals surface area (Å²) < 4.78 is 23.1. The molecule has 14 heteroatoms. The van der Waals surface area contributed by atoms with E-state index in [1.54, 1.807) is 12.3 Å². The van der Waals surface area contributed by atoms with E-state index in [1.807, 2.05) is 24.3 Å². The highest BCUT2D eigenvalue weighted by Gasteiger charge is 2.44. The minimum Gasteiger partial charge on any atom is -0.388 e. The average molecular weight is 651 g/mol. The van der Waals surface area contributed by atoms with Gasteiger partial charge in [-0.3, -0.25) is 4.79 Å². The summed E-state index contributed by atoms with van der Waals surface area (Å²) >= 11 is 0. The number of rotatable bonds is 14. The first-order valence-electron chi connectivity index (χ1n) is 15.8. The number of hydrogen-bond donors (Lipinski definition) is 4. The molecule has 0 aliphatic carbocycles. The van der Waals surface area contributed by atoms with Gasteiger partial charge in [0.1, 0.15) is 41.8 Å². The maximum absolute atomic E-state index is 12.6. The second kappa shape index (κ2) is 16.8. The van der Waals surface area contributed by atoms with Crippen LogP contribution in [0.15, 0.2) is 48.2 Å². The molecule has 3 heterocycles. The highest BCUT2D eigenvalue weighted by atomic mass is 16.7. The van der Waals surface area contributed by atoms with E-state index >= 15 is 0 Å². The molecule has 252 valence electrons. The molecule has 2 aliphatic heterocycles. The third kappa shape index (κ3) is 9.11. The lowest BCUT2D eigenvalue weighted by Crippen LogP contribution is -2.58. The van der Waals surface area contributed by atoms with Crippen LogP contribution in [0.1, 0.15) is 30.5 Å². The van der Waals surface area contributed by atoms with E-state index in [0.29, 0.717) is 5.69 Å². The number of benzene rings is 2. The number of nitriles is 1. The summed E-state index contributed by atoms with van der Waals surface area (Å²) in [6.45, 7) is 3.44. The van der Waals surface area contributed by atoms with E-state index in [9.17, 15) is 25.4 Å². The quantitative estimate of drug-likeness (QED) is 0.111. The van der Waals surface area contributed by atoms with Gasteiger partial charge in [0.25, 0.3) is 5.91 Å². The van der Waals surface area contributed by atoms with Crippen molar-refractivity contribution < 1.29 is 39.1 Å². The van der Waals surface area contributed by atoms with Gasteiger partial charge in [0.15, 0.2) is 6.29 Å². The zero-order valence-corrected chi connectivity index (χ0v) is 26.4. The summed E-state index contributed by atoms with van der Waals surface area (Å²) in [5.74, 6) is -0.467. The fraction of sp³-hybridized carbons (Fsp3) is 0.515. The van der Waals surface area contributed by atoms with E-state index < -0.39 is 36.6 Å². The van der Waals surface area contributed by atoms with Gasteiger partial charge in [-0.25, -0.2) is 4.68 Å². The minimum atomic E-state index is -1.42. The monoisotopic (exact) mass is 650 g/mol. The molecule has 2 saturated heterocycles. The molecule has 0 radical (unpaired) electrons. The zero-order chi connectivity index (χ0) is 33.2. The van der Waals surface area contributed by atoms with Crippen molar-refractivity contribution in [1.82, 2.24) is 20.3 Å². The van der Waals surface area contributed by atoms with Gasteiger partial charge in [0.2, 0.25) is 0 Å². The maximum Gasteiger partial charge on any atom is 0.262 e. The predicted molar refractivity (Wildman–Crippen MR) is 171 cm³/mol. The van der Waals surface area contributed by atoms with Crippen LogP contribution in [0.2, 0.25) is 0 Å². The molecule has 5 atom stereocenters. The second-order valence-corrected chi connectivity index (χ2v) is 11.6. The zero-order valence-electron chi connectivity index (χ0n) is 26.4. The summed E-state index contributed by atoms with van der Waals surface area (Å²) in [6.07, 6.45) is 0.895. The SMILES string of the molecule is CO[C@H]1O[C@H](Cn2cc(COCCOCCNC(=O)/C(C#N)=C/c3ccc4cc(N5CCCCC5)ccc4c3)nn2)[C@@H](O)[C@H](O)[C@H]1O. The van der Waals surface area contributed by atoms with Crippen LogP contribution >= 0.6 is 0 Å². The molecule has 0 spiro atoms. The number of carbonyl (C=O) groups excluding carboxylic acids is 1. The molecular weight excluding hydrogens is 608 g/mol. The molecule has 0 unspecified atom stereocenters. The average Bonchev–Trinajstić information content (AvgIpc) is 3.55. The van der Waals surface area contributed by atoms with Crippen molar-refractivity contribution in [2.45, 2.75) is 63.1 Å². The maximum atomic E-state index is 12.6. The number of aromatic nitrogens is 3. The fourth-order valence-corrected chi connectivity index (χ4v) is 5.67. The molecule has 1 aromatic heterocycles. The number of ether oxygens (including phenoxy) is 4. The number of nitrogens with one attached hydrogen (secondary N) is 1. The Balaban J connectivity index is 0.986. The minimum absolute atomic E-state index is 0.0162. The summed E-state index contributed by atoms with van der Waals surface area (Å²) in [5, 5.41) is 52.6. The van der Waals surface area contributed by atoms with Crippen molar-refractivity contribution in [3.63, 3.8) is 0 Å². The third-order valence-electron chi connectivity index (χ3n) is 8.25. The van der Waals surface area contributed by atoms with Crippen molar-refractivity contribution in [3.8, 4) is 6.07 Å². The van der Waals surface area contributed by atoms with Crippen molar-refractivity contribution >= 4 is 28.4 Å². The standard InChI is InChI=1S/C33H42N6O8/c1-44-33-31(42)30(41)29(40)28(47-33)20-39-19-26(36-37-39)21-46-14-13-45-12-9-35-32(43)25(18-34)16-22-5-6-24-17-27(8-7-23(24)15-22)38-10-3-2-4-11-38/h5-8,15-17,19,28-31,33,40-42H,2-4,9-14,20-21H2,1H3,(H,35,43)/b25-16+/t28-,29-,30+,31-,33+/m1/s1. The van der Waals surface area contributed by atoms with Gasteiger partial charge in [-0.15, -0.1) is 5.10 Å². The highest BCUT2D eigenvalue weighted by Crippen LogP contribution is 2.26. The number of nitrogens with zero attached hydrogens (tertiary/aromatic N) is 5. The Labute approximate surface area is 273 Å². The van der Waals surface area contributed by atoms with Crippen LogP contribution in [-0.4, -0.2) is 113 Å². The van der Waals surface area contributed by atoms with Gasteiger partial charge in [-0.2, -0.15) is 5.26 Å². The van der Waals surface area contributed by atoms with Gasteiger partial charge in [0.05, 0.1) is 39.2 Å². The van der Waals surface area contributed by atoms with Crippen LogP contribution in [0.25, 0.3) is 16.8 Å². The van der Waals surface area contributed by atoms with Gasteiger partial charge < -0.3 is 44.5 Å². The molecular formula is C33H42N6O8. The Hall–Kier alpha value is -3.94. The summed E-state index contributed by atoms with van der Waals surface area (Å²) in [6, 6.07) is 14.3. The summed E-state index contributed by atoms with van der Waals surface area (Å²) in [4.78, 5) is 15.0. The normalized spacial score (nSPS) is 23.5. The summed E-state index contributed by atoms with van der Waals surface area (Å²) in [7, 11) is 1.33. The van der Waals surface area contributed by atoms with Crippen molar-refractivity contribution in [2.24, 2.45) is 0 Å². The van der Waals surface area contributed by atoms with Crippen molar-refractivity contribution in [3.05, 3.63) is 59.4 Å². The largest absolute Gasteiger partial charge is 0.388 e. The number of methoxy groups -OCH3 is 1. The molecule has 47 heavy (non-hydrogen) atoms. The molecule has 0 bridgehead atoms. The Bertz CT molecular complexity index is 1550. The van der Waals surface area contributed by atoms with Crippen molar-refractivity contribution in [2.75, 3.05) is 51.5 Å². The lowest BCUT2D eigenvalue weighted by molar-refractivity contribution is -0.292. The smallest absolute Gasteiger partial charge is 0.262 e. The van der Waals surface area contributed by atoms with Gasteiger partial charge in [-0.1, -0.05) is 23.4 Å². The first-order valence-corrected chi connectivity index (χ1v) is 15.8. The number of aliphatic hydroxyl groups excluding tert-OH is 3. The van der Waals surface area contributed by atoms with Crippen LogP contribution in [0.5, 0.6) is 0 Å². The molecule has 3 aromatic rings. The Kier molecular flexibility index (Phi) is 12.3. The highest BCUT2D eigenvalue weighted by molar-refractivity contribution is 6.02. The lowest BCUT2D eigenvalue weighted by Gasteiger charge is -2.39. The van der Waals surface area contributed by atoms with Gasteiger partial charge >= 0.3 is 0 Å². The van der Waals surface area contributed by atoms with Crippen LogP contribution in [0.4, 0.5) is 5.69 Å². The van der Waals surface area contributed by atoms with E-state index in [4.69, 9.17) is 18.9 Å². The molecule has 14 nitrogen and oxygen atoms in total. The fourth-order valence-electron chi connectivity index (χ4n) is 5.67. The summed E-state index contributed by atoms with van der Waals surface area (Å²) in [5.41, 5.74) is 2.56. The Morgan fingerprint density at radius 1 is 1.04 bits per heavy atom. The molecule has 4 N–H and O–H groups in total. The number of carbonyl (C=O) groups is 1. The first kappa shape index (κ1) is 34.4. The number of amides is 1. The number of hydrogen-bond acceptors (Lipinski definition) is 12. The number of aliphatic hydroxyl groups is 3. The number of fused-ring (bicyclic) bond motifs is 1. The molecule has 5 rings (SSSR count). The first-order chi connectivity index (χ1) is 22.9. The molecule has 2 aliphatic rings. The molecule has 0 saturated carbocycles. The third-order valence-corrected chi connectivity index (χ3v) is 8.25. The van der Waals surface area contributed by atoms with E-state index in [1.165, 1.54) is 36.7 Å². The van der Waals surface area contributed by atoms with Crippen LogP contribution in [0.3, 0.4) is 0 Å². The topological polar surface area (TPSA) is 184 Å². The number of piperidine rings is 1. The molecule has 1 amide bonds. The molecule has 2 aromatic carbocycles. The van der Waals surface area contributed by atoms with E-state index in [2.05, 4.69) is 38.7 Å². The Morgan fingerprint density at radius 3 is 2.60 bits per heavy atom. The van der Waals surface area contributed by atoms with E-state index in [-0.39, 0.29) is 45.1 Å². The second-order valence-electron chi connectivity index (χ2n) is 11.6. The predicted octanol–water partition coefficient (Wildman–Crippen LogP) is 1.13. The van der Waals surface area contributed by atoms with E-state index in [0.717, 1.165) is 29.4 Å². The Morgan fingerprint density at radius 2 is 1.81 bits per heavy atom. The van der Waals surface area contributed by atoms with Crippen LogP contribution < -0.4 is 10.2 Å². The van der Waals surface area contributed by atoms with Crippen molar-refractivity contribution in [1.29, 1.82) is 5.26 Å². The van der Waals surface area contributed by atoms with Crippen LogP contribution in [0, 0.1) is 11.3 Å². The molecule has 2 fully saturated rings. The van der Waals surface area contributed by atoms with Gasteiger partial charge in [0, 0.05) is 32.4 Å².